The molecular weight excluding hydrogens is 414 g/mol. The molecule has 31 heavy (non-hydrogen) atoms. The van der Waals surface area contributed by atoms with E-state index in [1.807, 2.05) is 31.2 Å². The van der Waals surface area contributed by atoms with Crippen LogP contribution in [0.1, 0.15) is 40.9 Å². The molecule has 2 heterocycles. The first kappa shape index (κ1) is 21.3. The van der Waals surface area contributed by atoms with Crippen LogP contribution in [0, 0.1) is 13.8 Å². The molecule has 1 N–H and O–H groups in total. The van der Waals surface area contributed by atoms with E-state index in [0.717, 1.165) is 30.4 Å². The van der Waals surface area contributed by atoms with Gasteiger partial charge in [-0.1, -0.05) is 47.5 Å². The van der Waals surface area contributed by atoms with Crippen LogP contribution in [0.25, 0.3) is 11.3 Å². The van der Waals surface area contributed by atoms with E-state index in [9.17, 15) is 13.2 Å². The average molecular weight is 440 g/mol. The highest BCUT2D eigenvalue weighted by Crippen LogP contribution is 2.27. The summed E-state index contributed by atoms with van der Waals surface area (Å²) in [6, 6.07) is 14.2. The zero-order chi connectivity index (χ0) is 22.0. The SMILES string of the molecule is Cc1ccc(-c2cc(C(=O)Nc3ccc(C)c(S(=O)(=O)N4CCCCC4)c3)on2)cc1. The van der Waals surface area contributed by atoms with Crippen LogP contribution in [0.15, 0.2) is 57.9 Å². The van der Waals surface area contributed by atoms with Crippen LogP contribution in [0.3, 0.4) is 0 Å². The van der Waals surface area contributed by atoms with Crippen LogP contribution in [-0.4, -0.2) is 36.9 Å². The number of sulfonamides is 1. The van der Waals surface area contributed by atoms with Crippen molar-refractivity contribution < 1.29 is 17.7 Å². The number of piperidine rings is 1. The molecule has 0 saturated carbocycles. The Labute approximate surface area is 182 Å². The van der Waals surface area contributed by atoms with Crippen LogP contribution in [0.4, 0.5) is 5.69 Å². The maximum Gasteiger partial charge on any atom is 0.294 e. The summed E-state index contributed by atoms with van der Waals surface area (Å²) < 4.78 is 32.9. The summed E-state index contributed by atoms with van der Waals surface area (Å²) >= 11 is 0. The van der Waals surface area contributed by atoms with Gasteiger partial charge in [0.2, 0.25) is 15.8 Å². The minimum atomic E-state index is -3.60. The van der Waals surface area contributed by atoms with Crippen molar-refractivity contribution in [3.05, 3.63) is 65.4 Å². The molecule has 3 aromatic rings. The maximum absolute atomic E-state index is 13.1. The van der Waals surface area contributed by atoms with Crippen LogP contribution in [0.2, 0.25) is 0 Å². The fourth-order valence-corrected chi connectivity index (χ4v) is 5.40. The van der Waals surface area contributed by atoms with Crippen LogP contribution >= 0.6 is 0 Å². The highest BCUT2D eigenvalue weighted by atomic mass is 32.2. The highest BCUT2D eigenvalue weighted by Gasteiger charge is 2.28. The number of benzene rings is 2. The Hall–Kier alpha value is -2.97. The molecule has 1 aliphatic rings. The molecule has 4 rings (SSSR count). The van der Waals surface area contributed by atoms with Crippen molar-refractivity contribution in [2.24, 2.45) is 0 Å². The van der Waals surface area contributed by atoms with Crippen LogP contribution in [-0.2, 0) is 10.0 Å². The molecule has 0 bridgehead atoms. The van der Waals surface area contributed by atoms with Crippen molar-refractivity contribution in [2.45, 2.75) is 38.0 Å². The number of hydrogen-bond acceptors (Lipinski definition) is 5. The molecule has 7 nitrogen and oxygen atoms in total. The smallest absolute Gasteiger partial charge is 0.294 e. The third-order valence-electron chi connectivity index (χ3n) is 5.46. The van der Waals surface area contributed by atoms with E-state index in [0.29, 0.717) is 30.0 Å². The summed E-state index contributed by atoms with van der Waals surface area (Å²) in [5.41, 5.74) is 3.56. The van der Waals surface area contributed by atoms with Gasteiger partial charge in [0.25, 0.3) is 5.91 Å². The van der Waals surface area contributed by atoms with E-state index in [-0.39, 0.29) is 10.7 Å². The predicted octanol–water partition coefficient (Wildman–Crippen LogP) is 4.39. The molecule has 1 fully saturated rings. The van der Waals surface area contributed by atoms with E-state index in [4.69, 9.17) is 4.52 Å². The topological polar surface area (TPSA) is 92.5 Å². The molecule has 2 aromatic carbocycles. The Balaban J connectivity index is 1.54. The summed E-state index contributed by atoms with van der Waals surface area (Å²) in [5.74, 6) is -0.437. The first-order valence-corrected chi connectivity index (χ1v) is 11.7. The van der Waals surface area contributed by atoms with Gasteiger partial charge in [-0.2, -0.15) is 4.31 Å². The fourth-order valence-electron chi connectivity index (χ4n) is 3.64. The van der Waals surface area contributed by atoms with E-state index >= 15 is 0 Å². The molecule has 0 atom stereocenters. The van der Waals surface area contributed by atoms with Gasteiger partial charge in [-0.15, -0.1) is 0 Å². The number of nitrogens with one attached hydrogen (secondary N) is 1. The van der Waals surface area contributed by atoms with Crippen molar-refractivity contribution in [3.8, 4) is 11.3 Å². The Morgan fingerprint density at radius 2 is 1.71 bits per heavy atom. The Bertz CT molecular complexity index is 1190. The lowest BCUT2D eigenvalue weighted by molar-refractivity contribution is 0.0988. The number of rotatable bonds is 5. The molecule has 0 radical (unpaired) electrons. The van der Waals surface area contributed by atoms with Gasteiger partial charge in [0, 0.05) is 30.4 Å². The van der Waals surface area contributed by atoms with E-state index in [1.165, 1.54) is 10.4 Å². The van der Waals surface area contributed by atoms with Gasteiger partial charge in [-0.05, 0) is 44.4 Å². The van der Waals surface area contributed by atoms with Crippen molar-refractivity contribution in [3.63, 3.8) is 0 Å². The van der Waals surface area contributed by atoms with Crippen molar-refractivity contribution in [2.75, 3.05) is 18.4 Å². The summed E-state index contributed by atoms with van der Waals surface area (Å²) in [5, 5.41) is 6.69. The quantitative estimate of drug-likeness (QED) is 0.637. The number of nitrogens with zero attached hydrogens (tertiary/aromatic N) is 2. The van der Waals surface area contributed by atoms with E-state index < -0.39 is 15.9 Å². The van der Waals surface area contributed by atoms with Gasteiger partial charge in [0.15, 0.2) is 0 Å². The lowest BCUT2D eigenvalue weighted by Gasteiger charge is -2.26. The second-order valence-corrected chi connectivity index (χ2v) is 9.75. The first-order valence-electron chi connectivity index (χ1n) is 10.3. The standard InChI is InChI=1S/C23H25N3O4S/c1-16-6-9-18(10-7-16)20-15-21(30-25-20)23(27)24-19-11-8-17(2)22(14-19)31(28,29)26-12-4-3-5-13-26/h6-11,14-15H,3-5,12-13H2,1-2H3,(H,24,27). The number of anilines is 1. The van der Waals surface area contributed by atoms with Gasteiger partial charge >= 0.3 is 0 Å². The summed E-state index contributed by atoms with van der Waals surface area (Å²) in [6.07, 6.45) is 2.77. The molecule has 8 heteroatoms. The number of amides is 1. The number of carbonyl (C=O) groups excluding carboxylic acids is 1. The Morgan fingerprint density at radius 3 is 2.42 bits per heavy atom. The molecule has 1 saturated heterocycles. The van der Waals surface area contributed by atoms with E-state index in [2.05, 4.69) is 10.5 Å². The fraction of sp³-hybridized carbons (Fsp3) is 0.304. The van der Waals surface area contributed by atoms with Crippen molar-refractivity contribution in [1.82, 2.24) is 9.46 Å². The van der Waals surface area contributed by atoms with Gasteiger partial charge in [-0.3, -0.25) is 4.79 Å². The summed E-state index contributed by atoms with van der Waals surface area (Å²) in [4.78, 5) is 12.9. The minimum Gasteiger partial charge on any atom is -0.350 e. The van der Waals surface area contributed by atoms with Crippen LogP contribution < -0.4 is 5.32 Å². The maximum atomic E-state index is 13.1. The summed E-state index contributed by atoms with van der Waals surface area (Å²) in [7, 11) is -3.60. The number of carbonyl (C=O) groups is 1. The molecule has 1 aliphatic heterocycles. The largest absolute Gasteiger partial charge is 0.350 e. The second kappa shape index (κ2) is 8.64. The normalized spacial score (nSPS) is 15.0. The van der Waals surface area contributed by atoms with Crippen molar-refractivity contribution in [1.29, 1.82) is 0 Å². The summed E-state index contributed by atoms with van der Waals surface area (Å²) in [6.45, 7) is 4.80. The van der Waals surface area contributed by atoms with Crippen molar-refractivity contribution >= 4 is 21.6 Å². The van der Waals surface area contributed by atoms with Crippen LogP contribution in [0.5, 0.6) is 0 Å². The molecule has 0 spiro atoms. The Kier molecular flexibility index (Phi) is 5.93. The molecule has 0 unspecified atom stereocenters. The zero-order valence-corrected chi connectivity index (χ0v) is 18.4. The number of aromatic nitrogens is 1. The number of hydrogen-bond donors (Lipinski definition) is 1. The van der Waals surface area contributed by atoms with Gasteiger partial charge in [0.05, 0.1) is 4.90 Å². The lowest BCUT2D eigenvalue weighted by atomic mass is 10.1. The number of aryl methyl sites for hydroxylation is 2. The predicted molar refractivity (Wildman–Crippen MR) is 118 cm³/mol. The average Bonchev–Trinajstić information content (AvgIpc) is 3.26. The second-order valence-electron chi connectivity index (χ2n) is 7.84. The molecular formula is C23H25N3O4S. The highest BCUT2D eigenvalue weighted by molar-refractivity contribution is 7.89. The first-order chi connectivity index (χ1) is 14.8. The van der Waals surface area contributed by atoms with Gasteiger partial charge in [-0.25, -0.2) is 8.42 Å². The van der Waals surface area contributed by atoms with E-state index in [1.54, 1.807) is 25.1 Å². The minimum absolute atomic E-state index is 0.0524. The molecule has 162 valence electrons. The molecule has 0 aliphatic carbocycles. The Morgan fingerprint density at radius 1 is 1.00 bits per heavy atom. The lowest BCUT2D eigenvalue weighted by Crippen LogP contribution is -2.36. The monoisotopic (exact) mass is 439 g/mol. The third kappa shape index (κ3) is 4.55. The molecule has 1 amide bonds. The third-order valence-corrected chi connectivity index (χ3v) is 7.50. The van der Waals surface area contributed by atoms with Gasteiger partial charge < -0.3 is 9.84 Å². The molecule has 1 aromatic heterocycles. The zero-order valence-electron chi connectivity index (χ0n) is 17.6. The van der Waals surface area contributed by atoms with Gasteiger partial charge in [0.1, 0.15) is 5.69 Å².